The van der Waals surface area contributed by atoms with Crippen LogP contribution in [0.3, 0.4) is 0 Å². The standard InChI is InChI=1S/C24H16F2IN3O5S/c1-28-22-20(21-15(23(28)31)7-8-35-21)30(24(32)29(22)18-6-5-14(27)10-17(18)26)36(33,34)19-11-16(19)12-3-2-4-13(25)9-12/h2-10,16,19H,11H2,1H3. The second kappa shape index (κ2) is 7.87. The molecule has 2 unspecified atom stereocenters. The van der Waals surface area contributed by atoms with Gasteiger partial charge in [0.05, 0.1) is 22.6 Å². The number of rotatable bonds is 4. The first-order valence-electron chi connectivity index (χ1n) is 10.8. The lowest BCUT2D eigenvalue weighted by Gasteiger charge is -2.08. The van der Waals surface area contributed by atoms with Gasteiger partial charge in [0, 0.05) is 16.5 Å². The SMILES string of the molecule is Cn1c(=O)c2ccoc2c2c1n(-c1ccc(I)cc1F)c(=O)n2S(=O)(=O)C1CC1c1cccc(F)c1. The number of fused-ring (bicyclic) bond motifs is 3. The van der Waals surface area contributed by atoms with Crippen molar-refractivity contribution >= 4 is 54.7 Å². The van der Waals surface area contributed by atoms with E-state index in [1.807, 2.05) is 22.6 Å². The quantitative estimate of drug-likeness (QED) is 0.284. The zero-order valence-electron chi connectivity index (χ0n) is 18.5. The number of benzene rings is 2. The lowest BCUT2D eigenvalue weighted by atomic mass is 10.1. The van der Waals surface area contributed by atoms with Crippen molar-refractivity contribution in [1.29, 1.82) is 0 Å². The highest BCUT2D eigenvalue weighted by Gasteiger charge is 2.51. The van der Waals surface area contributed by atoms with E-state index in [4.69, 9.17) is 4.42 Å². The topological polar surface area (TPSA) is 96.2 Å². The summed E-state index contributed by atoms with van der Waals surface area (Å²) in [5.74, 6) is -1.78. The smallest absolute Gasteiger partial charge is 0.349 e. The van der Waals surface area contributed by atoms with E-state index in [2.05, 4.69) is 0 Å². The molecule has 0 aliphatic heterocycles. The van der Waals surface area contributed by atoms with Crippen LogP contribution in [-0.4, -0.2) is 26.8 Å². The van der Waals surface area contributed by atoms with Crippen LogP contribution in [0.5, 0.6) is 0 Å². The molecule has 0 amide bonds. The first-order chi connectivity index (χ1) is 17.1. The third kappa shape index (κ3) is 3.23. The Morgan fingerprint density at radius 3 is 2.58 bits per heavy atom. The van der Waals surface area contributed by atoms with Gasteiger partial charge in [-0.05, 0) is 71.0 Å². The van der Waals surface area contributed by atoms with Crippen molar-refractivity contribution in [1.82, 2.24) is 13.1 Å². The van der Waals surface area contributed by atoms with E-state index in [-0.39, 0.29) is 34.2 Å². The first-order valence-corrected chi connectivity index (χ1v) is 13.4. The van der Waals surface area contributed by atoms with E-state index in [9.17, 15) is 22.4 Å². The van der Waals surface area contributed by atoms with Gasteiger partial charge in [-0.3, -0.25) is 9.36 Å². The molecule has 0 spiro atoms. The highest BCUT2D eigenvalue weighted by molar-refractivity contribution is 14.1. The summed E-state index contributed by atoms with van der Waals surface area (Å²) in [4.78, 5) is 26.8. The molecule has 8 nitrogen and oxygen atoms in total. The van der Waals surface area contributed by atoms with Gasteiger partial charge in [0.15, 0.2) is 11.2 Å². The zero-order chi connectivity index (χ0) is 25.5. The summed E-state index contributed by atoms with van der Waals surface area (Å²) >= 11 is 1.91. The van der Waals surface area contributed by atoms with Crippen LogP contribution >= 0.6 is 22.6 Å². The van der Waals surface area contributed by atoms with Crippen molar-refractivity contribution < 1.29 is 21.6 Å². The van der Waals surface area contributed by atoms with E-state index in [1.165, 1.54) is 49.7 Å². The summed E-state index contributed by atoms with van der Waals surface area (Å²) < 4.78 is 65.2. The van der Waals surface area contributed by atoms with E-state index in [0.717, 1.165) is 9.13 Å². The molecule has 36 heavy (non-hydrogen) atoms. The normalized spacial score (nSPS) is 17.8. The molecule has 0 radical (unpaired) electrons. The maximum absolute atomic E-state index is 15.1. The van der Waals surface area contributed by atoms with Gasteiger partial charge in [-0.15, -0.1) is 0 Å². The maximum atomic E-state index is 15.1. The minimum atomic E-state index is -4.38. The Labute approximate surface area is 215 Å². The molecule has 1 aliphatic carbocycles. The van der Waals surface area contributed by atoms with E-state index >= 15 is 4.39 Å². The van der Waals surface area contributed by atoms with Crippen LogP contribution in [0.2, 0.25) is 0 Å². The Balaban J connectivity index is 1.68. The Morgan fingerprint density at radius 2 is 1.86 bits per heavy atom. The van der Waals surface area contributed by atoms with Gasteiger partial charge in [0.2, 0.25) is 10.0 Å². The fraction of sp³-hybridized carbons (Fsp3) is 0.167. The predicted octanol–water partition coefficient (Wildman–Crippen LogP) is 3.85. The fourth-order valence-corrected chi connectivity index (χ4v) is 7.22. The molecule has 2 atom stereocenters. The number of aromatic nitrogens is 3. The van der Waals surface area contributed by atoms with Crippen LogP contribution < -0.4 is 11.2 Å². The summed E-state index contributed by atoms with van der Waals surface area (Å²) in [6.45, 7) is 0. The minimum absolute atomic E-state index is 0.0756. The monoisotopic (exact) mass is 623 g/mol. The molecular formula is C24H16F2IN3O5S. The molecule has 2 aromatic carbocycles. The van der Waals surface area contributed by atoms with Crippen LogP contribution in [0, 0.1) is 15.2 Å². The third-order valence-corrected chi connectivity index (χ3v) is 9.33. The molecule has 0 saturated heterocycles. The van der Waals surface area contributed by atoms with Crippen LogP contribution in [0.4, 0.5) is 8.78 Å². The second-order valence-electron chi connectivity index (χ2n) is 8.66. The van der Waals surface area contributed by atoms with Crippen molar-refractivity contribution in [2.24, 2.45) is 7.05 Å². The van der Waals surface area contributed by atoms with Crippen LogP contribution in [0.15, 0.2) is 68.8 Å². The van der Waals surface area contributed by atoms with Gasteiger partial charge >= 0.3 is 5.69 Å². The molecule has 3 heterocycles. The summed E-state index contributed by atoms with van der Waals surface area (Å²) in [6, 6.07) is 11.1. The summed E-state index contributed by atoms with van der Waals surface area (Å²) in [6.07, 6.45) is 1.40. The number of nitrogens with zero attached hydrogens (tertiary/aromatic N) is 3. The Kier molecular flexibility index (Phi) is 5.06. The first kappa shape index (κ1) is 23.2. The predicted molar refractivity (Wildman–Crippen MR) is 137 cm³/mol. The van der Waals surface area contributed by atoms with Crippen molar-refractivity contribution in [3.8, 4) is 5.69 Å². The summed E-state index contributed by atoms with van der Waals surface area (Å²) in [5.41, 5.74) is -1.69. The number of pyridine rings is 1. The number of halogens is 3. The number of aryl methyl sites for hydroxylation is 1. The lowest BCUT2D eigenvalue weighted by molar-refractivity contribution is 0.581. The molecule has 1 aliphatic rings. The van der Waals surface area contributed by atoms with Gasteiger partial charge < -0.3 is 4.42 Å². The number of hydrogen-bond donors (Lipinski definition) is 0. The van der Waals surface area contributed by atoms with Crippen molar-refractivity contribution in [3.63, 3.8) is 0 Å². The molecule has 5 aromatic rings. The van der Waals surface area contributed by atoms with Gasteiger partial charge in [-0.25, -0.2) is 26.6 Å². The van der Waals surface area contributed by atoms with Crippen LogP contribution in [0.1, 0.15) is 17.9 Å². The summed E-state index contributed by atoms with van der Waals surface area (Å²) in [7, 11) is -3.00. The Bertz CT molecular complexity index is 1950. The van der Waals surface area contributed by atoms with E-state index in [1.54, 1.807) is 12.1 Å². The highest BCUT2D eigenvalue weighted by atomic mass is 127. The Hall–Kier alpha value is -3.26. The maximum Gasteiger partial charge on any atom is 0.349 e. The zero-order valence-corrected chi connectivity index (χ0v) is 21.5. The molecular weight excluding hydrogens is 607 g/mol. The van der Waals surface area contributed by atoms with Crippen molar-refractivity contribution in [3.05, 3.63) is 96.4 Å². The van der Waals surface area contributed by atoms with Crippen molar-refractivity contribution in [2.45, 2.75) is 17.6 Å². The molecule has 0 N–H and O–H groups in total. The van der Waals surface area contributed by atoms with Crippen LogP contribution in [0.25, 0.3) is 27.8 Å². The fourth-order valence-electron chi connectivity index (χ4n) is 4.75. The molecule has 0 bridgehead atoms. The minimum Gasteiger partial charge on any atom is -0.462 e. The molecule has 184 valence electrons. The van der Waals surface area contributed by atoms with E-state index in [0.29, 0.717) is 13.1 Å². The third-order valence-electron chi connectivity index (χ3n) is 6.52. The summed E-state index contributed by atoms with van der Waals surface area (Å²) in [5, 5.41) is -0.938. The second-order valence-corrected chi connectivity index (χ2v) is 11.9. The van der Waals surface area contributed by atoms with Crippen molar-refractivity contribution in [2.75, 3.05) is 0 Å². The van der Waals surface area contributed by atoms with Gasteiger partial charge in [0.25, 0.3) is 5.56 Å². The number of imidazole rings is 1. The average molecular weight is 623 g/mol. The molecule has 6 rings (SSSR count). The molecule has 1 fully saturated rings. The van der Waals surface area contributed by atoms with Gasteiger partial charge in [0.1, 0.15) is 17.2 Å². The molecule has 1 saturated carbocycles. The average Bonchev–Trinajstić information content (AvgIpc) is 3.40. The van der Waals surface area contributed by atoms with Gasteiger partial charge in [-0.2, -0.15) is 3.97 Å². The van der Waals surface area contributed by atoms with E-state index < -0.39 is 44.1 Å². The lowest BCUT2D eigenvalue weighted by Crippen LogP contribution is -2.32. The highest BCUT2D eigenvalue weighted by Crippen LogP contribution is 2.47. The largest absolute Gasteiger partial charge is 0.462 e. The number of furan rings is 1. The number of hydrogen-bond acceptors (Lipinski definition) is 5. The Morgan fingerprint density at radius 1 is 1.08 bits per heavy atom. The van der Waals surface area contributed by atoms with Gasteiger partial charge in [-0.1, -0.05) is 12.1 Å². The molecule has 3 aromatic heterocycles. The van der Waals surface area contributed by atoms with Crippen LogP contribution in [-0.2, 0) is 17.1 Å². The molecule has 12 heteroatoms.